The van der Waals surface area contributed by atoms with E-state index in [1.807, 2.05) is 0 Å². The lowest BCUT2D eigenvalue weighted by molar-refractivity contribution is -1.19. The highest BCUT2D eigenvalue weighted by Crippen LogP contribution is 2.38. The van der Waals surface area contributed by atoms with Crippen LogP contribution in [0.3, 0.4) is 0 Å². The summed E-state index contributed by atoms with van der Waals surface area (Å²) in [6.07, 6.45) is 12.3. The molecule has 0 aromatic carbocycles. The highest BCUT2D eigenvalue weighted by atomic mass is 15.7. The van der Waals surface area contributed by atoms with Gasteiger partial charge in [-0.15, -0.1) is 0 Å². The lowest BCUT2D eigenvalue weighted by Crippen LogP contribution is -2.67. The maximum atomic E-state index is 3.90. The van der Waals surface area contributed by atoms with Crippen molar-refractivity contribution in [2.24, 2.45) is 0 Å². The SMILES string of the molecule is C=C[N+]12C=C[N+](CCCCCC)(C1)C2. The minimum atomic E-state index is 1.02. The van der Waals surface area contributed by atoms with Crippen LogP contribution in [0, 0.1) is 0 Å². The maximum absolute atomic E-state index is 3.90. The van der Waals surface area contributed by atoms with Crippen LogP contribution in [0.1, 0.15) is 32.6 Å². The molecule has 2 heteroatoms. The number of unbranched alkanes of at least 4 members (excludes halogenated alkanes) is 3. The second-order valence-electron chi connectivity index (χ2n) is 4.87. The molecule has 0 spiro atoms. The third kappa shape index (κ3) is 1.53. The Hall–Kier alpha value is -0.600. The molecule has 0 aliphatic carbocycles. The van der Waals surface area contributed by atoms with Crippen LogP contribution < -0.4 is 0 Å². The van der Waals surface area contributed by atoms with Crippen LogP contribution in [-0.4, -0.2) is 28.8 Å². The van der Waals surface area contributed by atoms with E-state index >= 15 is 0 Å². The summed E-state index contributed by atoms with van der Waals surface area (Å²) in [5.74, 6) is 0. The first kappa shape index (κ1) is 9.94. The molecule has 2 bridgehead atoms. The lowest BCUT2D eigenvalue weighted by atomic mass is 10.2. The van der Waals surface area contributed by atoms with E-state index in [0.717, 1.165) is 4.48 Å². The second kappa shape index (κ2) is 3.52. The molecule has 3 rings (SSSR count). The zero-order valence-corrected chi connectivity index (χ0v) is 9.28. The van der Waals surface area contributed by atoms with Crippen molar-refractivity contribution in [2.75, 3.05) is 19.9 Å². The molecule has 0 aromatic rings. The van der Waals surface area contributed by atoms with Crippen molar-refractivity contribution in [3.8, 4) is 0 Å². The fourth-order valence-electron chi connectivity index (χ4n) is 2.72. The van der Waals surface area contributed by atoms with E-state index in [0.29, 0.717) is 0 Å². The van der Waals surface area contributed by atoms with Gasteiger partial charge < -0.3 is 0 Å². The van der Waals surface area contributed by atoms with Gasteiger partial charge in [0.05, 0.1) is 6.54 Å². The maximum Gasteiger partial charge on any atom is 0.229 e. The fraction of sp³-hybridized carbons (Fsp3) is 0.667. The van der Waals surface area contributed by atoms with Crippen molar-refractivity contribution in [1.82, 2.24) is 0 Å². The van der Waals surface area contributed by atoms with E-state index in [2.05, 4.69) is 32.1 Å². The number of hydrogen-bond acceptors (Lipinski definition) is 0. The van der Waals surface area contributed by atoms with Gasteiger partial charge in [-0.2, -0.15) is 8.97 Å². The second-order valence-corrected chi connectivity index (χ2v) is 4.87. The van der Waals surface area contributed by atoms with E-state index in [4.69, 9.17) is 0 Å². The van der Waals surface area contributed by atoms with Crippen molar-refractivity contribution in [3.05, 3.63) is 25.2 Å². The van der Waals surface area contributed by atoms with Crippen LogP contribution in [0.2, 0.25) is 0 Å². The van der Waals surface area contributed by atoms with E-state index in [1.165, 1.54) is 50.0 Å². The van der Waals surface area contributed by atoms with Crippen molar-refractivity contribution in [1.29, 1.82) is 0 Å². The molecule has 14 heavy (non-hydrogen) atoms. The summed E-state index contributed by atoms with van der Waals surface area (Å²) in [4.78, 5) is 0. The zero-order chi connectivity index (χ0) is 10.1. The first-order chi connectivity index (χ1) is 6.74. The molecule has 0 unspecified atom stereocenters. The van der Waals surface area contributed by atoms with Gasteiger partial charge in [0.15, 0.2) is 12.4 Å². The number of nitrogens with zero attached hydrogens (tertiary/aromatic N) is 2. The molecular formula is C12H22N2+2. The van der Waals surface area contributed by atoms with Crippen LogP contribution in [0.4, 0.5) is 0 Å². The quantitative estimate of drug-likeness (QED) is 0.450. The molecule has 0 atom stereocenters. The lowest BCUT2D eigenvalue weighted by Gasteiger charge is -2.44. The molecule has 2 nitrogen and oxygen atoms in total. The molecule has 78 valence electrons. The largest absolute Gasteiger partial charge is 0.229 e. The molecular weight excluding hydrogens is 172 g/mol. The molecule has 0 N–H and O–H groups in total. The van der Waals surface area contributed by atoms with Crippen molar-refractivity contribution < 1.29 is 8.97 Å². The smallest absolute Gasteiger partial charge is 0.199 e. The number of quaternary nitrogens is 2. The molecule has 3 heterocycles. The Morgan fingerprint density at radius 1 is 1.21 bits per heavy atom. The Morgan fingerprint density at radius 3 is 2.57 bits per heavy atom. The van der Waals surface area contributed by atoms with E-state index in [-0.39, 0.29) is 0 Å². The summed E-state index contributed by atoms with van der Waals surface area (Å²) in [5.41, 5.74) is 0. The average molecular weight is 194 g/mol. The first-order valence-electron chi connectivity index (χ1n) is 5.80. The topological polar surface area (TPSA) is 0 Å². The molecule has 0 radical (unpaired) electrons. The highest BCUT2D eigenvalue weighted by molar-refractivity contribution is 4.81. The molecule has 0 aromatic heterocycles. The normalized spacial score (nSPS) is 38.4. The minimum absolute atomic E-state index is 1.02. The Kier molecular flexibility index (Phi) is 2.50. The van der Waals surface area contributed by atoms with Crippen molar-refractivity contribution in [2.45, 2.75) is 32.6 Å². The summed E-state index contributed by atoms with van der Waals surface area (Å²) in [6.45, 7) is 9.97. The summed E-state index contributed by atoms with van der Waals surface area (Å²) < 4.78 is 2.24. The summed E-state index contributed by atoms with van der Waals surface area (Å²) in [5, 5.41) is 0. The van der Waals surface area contributed by atoms with Gasteiger partial charge in [0.1, 0.15) is 6.20 Å². The van der Waals surface area contributed by atoms with Gasteiger partial charge in [-0.1, -0.05) is 19.8 Å². The third-order valence-corrected chi connectivity index (χ3v) is 3.59. The molecule has 0 amide bonds. The highest BCUT2D eigenvalue weighted by Gasteiger charge is 2.58. The molecule has 3 aliphatic rings. The van der Waals surface area contributed by atoms with Crippen LogP contribution in [0.5, 0.6) is 0 Å². The zero-order valence-electron chi connectivity index (χ0n) is 9.28. The van der Waals surface area contributed by atoms with Gasteiger partial charge in [-0.25, -0.2) is 0 Å². The van der Waals surface area contributed by atoms with Crippen LogP contribution in [0.15, 0.2) is 25.2 Å². The summed E-state index contributed by atoms with van der Waals surface area (Å²) in [7, 11) is 0. The number of rotatable bonds is 6. The predicted molar refractivity (Wildman–Crippen MR) is 58.6 cm³/mol. The Balaban J connectivity index is 1.74. The number of hydrogen-bond donors (Lipinski definition) is 0. The van der Waals surface area contributed by atoms with E-state index in [9.17, 15) is 0 Å². The van der Waals surface area contributed by atoms with Gasteiger partial charge in [0, 0.05) is 0 Å². The Morgan fingerprint density at radius 2 is 2.00 bits per heavy atom. The van der Waals surface area contributed by atoms with Gasteiger partial charge in [-0.05, 0) is 19.4 Å². The average Bonchev–Trinajstić information content (AvgIpc) is 2.68. The monoisotopic (exact) mass is 194 g/mol. The van der Waals surface area contributed by atoms with Crippen molar-refractivity contribution in [3.63, 3.8) is 0 Å². The van der Waals surface area contributed by atoms with Gasteiger partial charge in [0.25, 0.3) is 0 Å². The Bertz CT molecular complexity index is 249. The molecule has 0 saturated carbocycles. The summed E-state index contributed by atoms with van der Waals surface area (Å²) in [6, 6.07) is 0. The van der Waals surface area contributed by atoms with E-state index < -0.39 is 0 Å². The van der Waals surface area contributed by atoms with Crippen LogP contribution in [0.25, 0.3) is 0 Å². The molecule has 1 fully saturated rings. The first-order valence-corrected chi connectivity index (χ1v) is 5.80. The predicted octanol–water partition coefficient (Wildman–Crippen LogP) is 2.76. The molecule has 1 saturated heterocycles. The van der Waals surface area contributed by atoms with Crippen molar-refractivity contribution >= 4 is 0 Å². The standard InChI is InChI=1S/C12H22N2/c1-3-5-6-7-8-14-10-9-13(4-2,11-14)12-14/h4,9-10H,2-3,5-8,11-12H2,1H3/q+2. The van der Waals surface area contributed by atoms with Gasteiger partial charge in [0.2, 0.25) is 13.3 Å². The Labute approximate surface area is 87.3 Å². The summed E-state index contributed by atoms with van der Waals surface area (Å²) >= 11 is 0. The van der Waals surface area contributed by atoms with Gasteiger partial charge >= 0.3 is 0 Å². The van der Waals surface area contributed by atoms with Crippen LogP contribution in [-0.2, 0) is 0 Å². The van der Waals surface area contributed by atoms with Gasteiger partial charge in [-0.3, -0.25) is 0 Å². The minimum Gasteiger partial charge on any atom is -0.199 e. The molecule has 3 aliphatic heterocycles. The van der Waals surface area contributed by atoms with E-state index in [1.54, 1.807) is 0 Å². The third-order valence-electron chi connectivity index (χ3n) is 3.59. The fourth-order valence-corrected chi connectivity index (χ4v) is 2.72. The van der Waals surface area contributed by atoms with Crippen LogP contribution >= 0.6 is 0 Å².